The highest BCUT2D eigenvalue weighted by atomic mass is 32.2. The van der Waals surface area contributed by atoms with Crippen molar-refractivity contribution in [2.75, 3.05) is 16.6 Å². The van der Waals surface area contributed by atoms with Gasteiger partial charge in [-0.2, -0.15) is 0 Å². The van der Waals surface area contributed by atoms with Crippen LogP contribution in [0.3, 0.4) is 0 Å². The lowest BCUT2D eigenvalue weighted by atomic mass is 10.2. The van der Waals surface area contributed by atoms with Crippen LogP contribution in [0, 0.1) is 12.7 Å². The molecule has 0 bridgehead atoms. The van der Waals surface area contributed by atoms with Crippen molar-refractivity contribution in [2.24, 2.45) is 0 Å². The van der Waals surface area contributed by atoms with Gasteiger partial charge in [-0.25, -0.2) is 12.8 Å². The number of benzene rings is 2. The lowest BCUT2D eigenvalue weighted by molar-refractivity contribution is 0.591. The molecule has 1 aliphatic rings. The Bertz CT molecular complexity index is 818. The molecule has 0 unspecified atom stereocenters. The molecule has 21 heavy (non-hydrogen) atoms. The Morgan fingerprint density at radius 2 is 1.95 bits per heavy atom. The fourth-order valence-corrected chi connectivity index (χ4v) is 4.34. The average molecular weight is 306 g/mol. The molecule has 1 aliphatic heterocycles. The molecule has 110 valence electrons. The van der Waals surface area contributed by atoms with Crippen LogP contribution in [0.25, 0.3) is 0 Å². The van der Waals surface area contributed by atoms with E-state index in [2.05, 4.69) is 0 Å². The Morgan fingerprint density at radius 1 is 1.19 bits per heavy atom. The van der Waals surface area contributed by atoms with Gasteiger partial charge in [-0.1, -0.05) is 12.1 Å². The van der Waals surface area contributed by atoms with E-state index < -0.39 is 15.8 Å². The highest BCUT2D eigenvalue weighted by molar-refractivity contribution is 7.93. The molecule has 0 saturated heterocycles. The maximum absolute atomic E-state index is 13.4. The molecular weight excluding hydrogens is 291 g/mol. The van der Waals surface area contributed by atoms with Crippen LogP contribution >= 0.6 is 0 Å². The first-order valence-electron chi connectivity index (χ1n) is 6.57. The molecule has 3 rings (SSSR count). The summed E-state index contributed by atoms with van der Waals surface area (Å²) in [6.07, 6.45) is 0.580. The summed E-state index contributed by atoms with van der Waals surface area (Å²) in [4.78, 5) is 0.166. The summed E-state index contributed by atoms with van der Waals surface area (Å²) >= 11 is 0. The standard InChI is InChI=1S/C15H15FN2O2S/c1-10-2-5-13(17)9-15(10)21(19,20)18-7-6-11-3-4-12(16)8-14(11)18/h2-5,8-9H,6-7,17H2,1H3. The molecule has 2 aromatic carbocycles. The van der Waals surface area contributed by atoms with Crippen molar-refractivity contribution in [2.45, 2.75) is 18.2 Å². The molecule has 0 spiro atoms. The van der Waals surface area contributed by atoms with E-state index in [0.29, 0.717) is 29.9 Å². The zero-order valence-corrected chi connectivity index (χ0v) is 12.3. The summed E-state index contributed by atoms with van der Waals surface area (Å²) in [6.45, 7) is 2.03. The Kier molecular flexibility index (Phi) is 3.13. The lowest BCUT2D eigenvalue weighted by Crippen LogP contribution is -2.29. The van der Waals surface area contributed by atoms with Gasteiger partial charge in [0.1, 0.15) is 5.82 Å². The third-order valence-electron chi connectivity index (χ3n) is 3.68. The second-order valence-corrected chi connectivity index (χ2v) is 6.96. The second kappa shape index (κ2) is 4.73. The maximum atomic E-state index is 13.4. The van der Waals surface area contributed by atoms with E-state index in [1.807, 2.05) is 0 Å². The number of hydrogen-bond donors (Lipinski definition) is 1. The first-order valence-corrected chi connectivity index (χ1v) is 8.01. The SMILES string of the molecule is Cc1ccc(N)cc1S(=O)(=O)N1CCc2ccc(F)cc21. The fraction of sp³-hybridized carbons (Fsp3) is 0.200. The lowest BCUT2D eigenvalue weighted by Gasteiger charge is -2.21. The Morgan fingerprint density at radius 3 is 2.71 bits per heavy atom. The molecule has 1 heterocycles. The number of nitrogens with zero attached hydrogens (tertiary/aromatic N) is 1. The van der Waals surface area contributed by atoms with Gasteiger partial charge < -0.3 is 5.73 Å². The smallest absolute Gasteiger partial charge is 0.264 e. The van der Waals surface area contributed by atoms with Crippen LogP contribution < -0.4 is 10.0 Å². The number of aryl methyl sites for hydroxylation is 1. The van der Waals surface area contributed by atoms with Crippen molar-refractivity contribution in [1.29, 1.82) is 0 Å². The van der Waals surface area contributed by atoms with E-state index in [0.717, 1.165) is 5.56 Å². The molecule has 4 nitrogen and oxygen atoms in total. The van der Waals surface area contributed by atoms with E-state index in [1.165, 1.54) is 22.5 Å². The van der Waals surface area contributed by atoms with Crippen molar-refractivity contribution in [3.8, 4) is 0 Å². The quantitative estimate of drug-likeness (QED) is 0.867. The van der Waals surface area contributed by atoms with Crippen molar-refractivity contribution in [1.82, 2.24) is 0 Å². The molecule has 0 radical (unpaired) electrons. The first kappa shape index (κ1) is 13.9. The van der Waals surface area contributed by atoms with Gasteiger partial charge in [0.25, 0.3) is 10.0 Å². The molecule has 0 fully saturated rings. The maximum Gasteiger partial charge on any atom is 0.264 e. The first-order chi connectivity index (χ1) is 9.89. The van der Waals surface area contributed by atoms with E-state index in [-0.39, 0.29) is 4.90 Å². The zero-order valence-electron chi connectivity index (χ0n) is 11.5. The molecular formula is C15H15FN2O2S. The number of fused-ring (bicyclic) bond motifs is 1. The number of halogens is 1. The number of sulfonamides is 1. The fourth-order valence-electron chi connectivity index (χ4n) is 2.59. The van der Waals surface area contributed by atoms with E-state index in [9.17, 15) is 12.8 Å². The van der Waals surface area contributed by atoms with Gasteiger partial charge in [-0.3, -0.25) is 4.31 Å². The molecule has 0 atom stereocenters. The summed E-state index contributed by atoms with van der Waals surface area (Å²) in [5.41, 5.74) is 7.95. The van der Waals surface area contributed by atoms with Crippen LogP contribution in [0.5, 0.6) is 0 Å². The van der Waals surface area contributed by atoms with E-state index in [4.69, 9.17) is 5.73 Å². The average Bonchev–Trinajstić information content (AvgIpc) is 2.85. The van der Waals surface area contributed by atoms with Crippen molar-refractivity contribution >= 4 is 21.4 Å². The minimum Gasteiger partial charge on any atom is -0.399 e. The molecule has 6 heteroatoms. The van der Waals surface area contributed by atoms with Gasteiger partial charge in [-0.05, 0) is 48.7 Å². The zero-order chi connectivity index (χ0) is 15.2. The van der Waals surface area contributed by atoms with Crippen LogP contribution in [0.1, 0.15) is 11.1 Å². The highest BCUT2D eigenvalue weighted by Gasteiger charge is 2.32. The predicted octanol–water partition coefficient (Wildman–Crippen LogP) is 2.47. The van der Waals surface area contributed by atoms with Gasteiger partial charge in [-0.15, -0.1) is 0 Å². The van der Waals surface area contributed by atoms with Crippen molar-refractivity contribution in [3.63, 3.8) is 0 Å². The largest absolute Gasteiger partial charge is 0.399 e. The predicted molar refractivity (Wildman–Crippen MR) is 80.2 cm³/mol. The number of hydrogen-bond acceptors (Lipinski definition) is 3. The third-order valence-corrected chi connectivity index (χ3v) is 5.64. The van der Waals surface area contributed by atoms with Gasteiger partial charge in [0.05, 0.1) is 10.6 Å². The Labute approximate surface area is 123 Å². The molecule has 0 aliphatic carbocycles. The minimum absolute atomic E-state index is 0.166. The summed E-state index contributed by atoms with van der Waals surface area (Å²) < 4.78 is 40.3. The molecule has 0 aromatic heterocycles. The summed E-state index contributed by atoms with van der Waals surface area (Å²) in [5.74, 6) is -0.444. The van der Waals surface area contributed by atoms with Gasteiger partial charge in [0, 0.05) is 12.2 Å². The molecule has 2 aromatic rings. The number of nitrogens with two attached hydrogens (primary N) is 1. The molecule has 0 saturated carbocycles. The molecule has 2 N–H and O–H groups in total. The topological polar surface area (TPSA) is 63.4 Å². The van der Waals surface area contributed by atoms with Gasteiger partial charge >= 0.3 is 0 Å². The minimum atomic E-state index is -3.74. The van der Waals surface area contributed by atoms with E-state index in [1.54, 1.807) is 25.1 Å². The summed E-state index contributed by atoms with van der Waals surface area (Å²) in [6, 6.07) is 9.02. The third kappa shape index (κ3) is 2.25. The van der Waals surface area contributed by atoms with Crippen molar-refractivity contribution < 1.29 is 12.8 Å². The summed E-state index contributed by atoms with van der Waals surface area (Å²) in [5, 5.41) is 0. The highest BCUT2D eigenvalue weighted by Crippen LogP contribution is 2.34. The van der Waals surface area contributed by atoms with Crippen LogP contribution in [0.2, 0.25) is 0 Å². The van der Waals surface area contributed by atoms with Crippen molar-refractivity contribution in [3.05, 3.63) is 53.3 Å². The van der Waals surface area contributed by atoms with E-state index >= 15 is 0 Å². The van der Waals surface area contributed by atoms with Crippen LogP contribution in [-0.2, 0) is 16.4 Å². The molecule has 0 amide bonds. The van der Waals surface area contributed by atoms with Gasteiger partial charge in [0.2, 0.25) is 0 Å². The Balaban J connectivity index is 2.13. The van der Waals surface area contributed by atoms with Crippen LogP contribution in [0.4, 0.5) is 15.8 Å². The van der Waals surface area contributed by atoms with Crippen LogP contribution in [0.15, 0.2) is 41.3 Å². The number of nitrogen functional groups attached to an aromatic ring is 1. The Hall–Kier alpha value is -2.08. The second-order valence-electron chi connectivity index (χ2n) is 5.13. The van der Waals surface area contributed by atoms with Gasteiger partial charge in [0.15, 0.2) is 0 Å². The normalized spacial score (nSPS) is 14.3. The summed E-state index contributed by atoms with van der Waals surface area (Å²) in [7, 11) is -3.74. The number of anilines is 2. The monoisotopic (exact) mass is 306 g/mol. The van der Waals surface area contributed by atoms with Crippen LogP contribution in [-0.4, -0.2) is 15.0 Å². The number of rotatable bonds is 2.